The first-order chi connectivity index (χ1) is 11.6. The van der Waals surface area contributed by atoms with Crippen molar-refractivity contribution in [3.8, 4) is 0 Å². The van der Waals surface area contributed by atoms with Crippen LogP contribution in [0.15, 0.2) is 42.5 Å². The van der Waals surface area contributed by atoms with Crippen molar-refractivity contribution in [1.29, 1.82) is 0 Å². The monoisotopic (exact) mass is 328 g/mol. The molecule has 3 unspecified atom stereocenters. The maximum Gasteiger partial charge on any atom is 0.335 e. The van der Waals surface area contributed by atoms with Gasteiger partial charge in [-0.15, -0.1) is 0 Å². The van der Waals surface area contributed by atoms with Crippen molar-refractivity contribution in [3.05, 3.63) is 48.0 Å². The van der Waals surface area contributed by atoms with E-state index in [9.17, 15) is 4.79 Å². The minimum atomic E-state index is -0.591. The Hall–Kier alpha value is -1.91. The van der Waals surface area contributed by atoms with Crippen LogP contribution in [0, 0.1) is 0 Å². The van der Waals surface area contributed by atoms with Crippen molar-refractivity contribution >= 4 is 16.7 Å². The topological polar surface area (TPSA) is 44.8 Å². The molecule has 1 fully saturated rings. The van der Waals surface area contributed by atoms with E-state index < -0.39 is 6.10 Å². The third-order valence-electron chi connectivity index (χ3n) is 4.44. The van der Waals surface area contributed by atoms with Gasteiger partial charge in [-0.05, 0) is 43.0 Å². The molecule has 0 saturated carbocycles. The van der Waals surface area contributed by atoms with Crippen LogP contribution in [0.25, 0.3) is 10.8 Å². The maximum absolute atomic E-state index is 12.3. The lowest BCUT2D eigenvalue weighted by Crippen LogP contribution is -2.28. The summed E-state index contributed by atoms with van der Waals surface area (Å²) in [5.41, 5.74) is 1.01. The molecule has 128 valence electrons. The Morgan fingerprint density at radius 2 is 2.00 bits per heavy atom. The minimum Gasteiger partial charge on any atom is -0.456 e. The number of fused-ring (bicyclic) bond motifs is 1. The quantitative estimate of drug-likeness (QED) is 0.751. The Labute approximate surface area is 142 Å². The molecule has 1 saturated heterocycles. The van der Waals surface area contributed by atoms with Gasteiger partial charge in [-0.25, -0.2) is 4.79 Å². The highest BCUT2D eigenvalue weighted by atomic mass is 16.6. The summed E-state index contributed by atoms with van der Waals surface area (Å²) in [6.07, 6.45) is 1.25. The summed E-state index contributed by atoms with van der Waals surface area (Å²) in [4.78, 5) is 12.3. The summed E-state index contributed by atoms with van der Waals surface area (Å²) in [5.74, 6) is -0.339. The number of carbonyl (C=O) groups excluding carboxylic acids is 1. The molecule has 0 amide bonds. The lowest BCUT2D eigenvalue weighted by Gasteiger charge is -2.20. The van der Waals surface area contributed by atoms with Crippen molar-refractivity contribution in [2.45, 2.75) is 45.0 Å². The second-order valence-electron chi connectivity index (χ2n) is 6.26. The average Bonchev–Trinajstić information content (AvgIpc) is 3.12. The average molecular weight is 328 g/mol. The molecule has 24 heavy (non-hydrogen) atoms. The Bertz CT molecular complexity index is 686. The van der Waals surface area contributed by atoms with E-state index in [1.54, 1.807) is 6.92 Å². The molecule has 0 aromatic heterocycles. The van der Waals surface area contributed by atoms with Crippen LogP contribution in [-0.2, 0) is 19.0 Å². The summed E-state index contributed by atoms with van der Waals surface area (Å²) in [6.45, 7) is 4.85. The van der Waals surface area contributed by atoms with E-state index in [0.29, 0.717) is 6.61 Å². The van der Waals surface area contributed by atoms with Crippen LogP contribution in [0.1, 0.15) is 38.4 Å². The fourth-order valence-corrected chi connectivity index (χ4v) is 3.03. The Morgan fingerprint density at radius 1 is 1.21 bits per heavy atom. The molecule has 1 heterocycles. The van der Waals surface area contributed by atoms with Gasteiger partial charge in [0.05, 0.1) is 12.7 Å². The van der Waals surface area contributed by atoms with E-state index in [4.69, 9.17) is 14.2 Å². The second kappa shape index (κ2) is 7.77. The van der Waals surface area contributed by atoms with E-state index in [1.165, 1.54) is 0 Å². The largest absolute Gasteiger partial charge is 0.456 e. The number of rotatable bonds is 6. The molecule has 1 aliphatic heterocycles. The van der Waals surface area contributed by atoms with Gasteiger partial charge >= 0.3 is 5.97 Å². The number of ether oxygens (including phenoxy) is 3. The molecule has 2 aromatic rings. The van der Waals surface area contributed by atoms with Gasteiger partial charge in [0, 0.05) is 6.61 Å². The molecular weight excluding hydrogens is 304 g/mol. The zero-order valence-corrected chi connectivity index (χ0v) is 14.2. The highest BCUT2D eigenvalue weighted by Gasteiger charge is 2.23. The lowest BCUT2D eigenvalue weighted by molar-refractivity contribution is -0.162. The highest BCUT2D eigenvalue weighted by Crippen LogP contribution is 2.26. The van der Waals surface area contributed by atoms with Gasteiger partial charge in [0.25, 0.3) is 0 Å². The molecule has 3 rings (SSSR count). The normalized spacial score (nSPS) is 20.0. The molecule has 0 radical (unpaired) electrons. The fraction of sp³-hybridized carbons (Fsp3) is 0.450. The molecule has 0 N–H and O–H groups in total. The number of hydrogen-bond acceptors (Lipinski definition) is 4. The molecule has 4 heteroatoms. The molecular formula is C20H24O4. The molecule has 4 nitrogen and oxygen atoms in total. The standard InChI is InChI=1S/C20H24O4/c1-14(18-11-5-8-16-7-3-4-10-19(16)18)24-20(21)15(2)23-13-17-9-6-12-22-17/h3-5,7-8,10-11,14-15,17H,6,9,12-13H2,1-2H3. The zero-order chi connectivity index (χ0) is 16.9. The van der Waals surface area contributed by atoms with Crippen molar-refractivity contribution in [1.82, 2.24) is 0 Å². The van der Waals surface area contributed by atoms with Crippen molar-refractivity contribution < 1.29 is 19.0 Å². The van der Waals surface area contributed by atoms with E-state index in [0.717, 1.165) is 35.8 Å². The predicted molar refractivity (Wildman–Crippen MR) is 92.8 cm³/mol. The van der Waals surface area contributed by atoms with Crippen molar-refractivity contribution in [2.75, 3.05) is 13.2 Å². The smallest absolute Gasteiger partial charge is 0.335 e. The molecule has 0 bridgehead atoms. The van der Waals surface area contributed by atoms with Gasteiger partial charge in [-0.1, -0.05) is 42.5 Å². The molecule has 0 spiro atoms. The molecule has 0 aliphatic carbocycles. The van der Waals surface area contributed by atoms with Crippen molar-refractivity contribution in [2.24, 2.45) is 0 Å². The van der Waals surface area contributed by atoms with Gasteiger partial charge in [0.1, 0.15) is 6.10 Å². The maximum atomic E-state index is 12.3. The van der Waals surface area contributed by atoms with Gasteiger partial charge in [0.15, 0.2) is 6.10 Å². The van der Waals surface area contributed by atoms with Gasteiger partial charge in [-0.3, -0.25) is 0 Å². The van der Waals surface area contributed by atoms with Gasteiger partial charge < -0.3 is 14.2 Å². The minimum absolute atomic E-state index is 0.107. The van der Waals surface area contributed by atoms with Gasteiger partial charge in [-0.2, -0.15) is 0 Å². The first kappa shape index (κ1) is 16.9. The number of benzene rings is 2. The Kier molecular flexibility index (Phi) is 5.48. The zero-order valence-electron chi connectivity index (χ0n) is 14.2. The van der Waals surface area contributed by atoms with Crippen LogP contribution < -0.4 is 0 Å². The summed E-state index contributed by atoms with van der Waals surface area (Å²) < 4.78 is 16.7. The van der Waals surface area contributed by atoms with E-state index >= 15 is 0 Å². The number of carbonyl (C=O) groups is 1. The lowest BCUT2D eigenvalue weighted by atomic mass is 10.0. The van der Waals surface area contributed by atoms with E-state index in [-0.39, 0.29) is 18.2 Å². The first-order valence-corrected chi connectivity index (χ1v) is 8.56. The third-order valence-corrected chi connectivity index (χ3v) is 4.44. The molecule has 1 aliphatic rings. The predicted octanol–water partition coefficient (Wildman–Crippen LogP) is 4.03. The van der Waals surface area contributed by atoms with Crippen LogP contribution in [-0.4, -0.2) is 31.4 Å². The van der Waals surface area contributed by atoms with Crippen LogP contribution >= 0.6 is 0 Å². The van der Waals surface area contributed by atoms with E-state index in [2.05, 4.69) is 12.1 Å². The highest BCUT2D eigenvalue weighted by molar-refractivity contribution is 5.86. The van der Waals surface area contributed by atoms with Crippen LogP contribution in [0.3, 0.4) is 0 Å². The van der Waals surface area contributed by atoms with Gasteiger partial charge in [0.2, 0.25) is 0 Å². The summed E-state index contributed by atoms with van der Waals surface area (Å²) in [7, 11) is 0. The van der Waals surface area contributed by atoms with Crippen LogP contribution in [0.4, 0.5) is 0 Å². The summed E-state index contributed by atoms with van der Waals surface area (Å²) >= 11 is 0. The Morgan fingerprint density at radius 3 is 2.79 bits per heavy atom. The first-order valence-electron chi connectivity index (χ1n) is 8.56. The summed E-state index contributed by atoms with van der Waals surface area (Å²) in [5, 5.41) is 2.24. The van der Waals surface area contributed by atoms with Crippen LogP contribution in [0.2, 0.25) is 0 Å². The molecule has 2 aromatic carbocycles. The van der Waals surface area contributed by atoms with E-state index in [1.807, 2.05) is 37.3 Å². The second-order valence-corrected chi connectivity index (χ2v) is 6.26. The SMILES string of the molecule is CC(OCC1CCCO1)C(=O)OC(C)c1cccc2ccccc12. The van der Waals surface area contributed by atoms with Crippen LogP contribution in [0.5, 0.6) is 0 Å². The fourth-order valence-electron chi connectivity index (χ4n) is 3.03. The molecule has 3 atom stereocenters. The number of esters is 1. The summed E-state index contributed by atoms with van der Waals surface area (Å²) in [6, 6.07) is 14.1. The third kappa shape index (κ3) is 3.94. The van der Waals surface area contributed by atoms with Crippen molar-refractivity contribution in [3.63, 3.8) is 0 Å². The Balaban J connectivity index is 1.60. The number of hydrogen-bond donors (Lipinski definition) is 0.